The van der Waals surface area contributed by atoms with Gasteiger partial charge in [-0.05, 0) is 12.3 Å². The third-order valence-corrected chi connectivity index (χ3v) is 2.08. The molecule has 0 saturated heterocycles. The fourth-order valence-corrected chi connectivity index (χ4v) is 1.11. The third kappa shape index (κ3) is 2.53. The van der Waals surface area contributed by atoms with E-state index >= 15 is 0 Å². The van der Waals surface area contributed by atoms with Gasteiger partial charge < -0.3 is 10.4 Å². The average Bonchev–Trinajstić information content (AvgIpc) is 2.66. The van der Waals surface area contributed by atoms with E-state index in [2.05, 4.69) is 5.32 Å². The van der Waals surface area contributed by atoms with E-state index in [0.717, 1.165) is 6.42 Å². The van der Waals surface area contributed by atoms with Gasteiger partial charge in [-0.3, -0.25) is 9.59 Å². The summed E-state index contributed by atoms with van der Waals surface area (Å²) < 4.78 is 0. The summed E-state index contributed by atoms with van der Waals surface area (Å²) in [6.07, 6.45) is 0.950. The molecule has 0 aromatic heterocycles. The van der Waals surface area contributed by atoms with Crippen LogP contribution in [0.1, 0.15) is 19.8 Å². The van der Waals surface area contributed by atoms with Crippen molar-refractivity contribution in [2.75, 3.05) is 6.54 Å². The topological polar surface area (TPSA) is 66.4 Å². The number of hydrogen-bond donors (Lipinski definition) is 2. The highest BCUT2D eigenvalue weighted by Crippen LogP contribution is 2.37. The van der Waals surface area contributed by atoms with Gasteiger partial charge in [0.1, 0.15) is 0 Å². The molecule has 4 nitrogen and oxygen atoms in total. The molecular formula is C8H13NO3. The van der Waals surface area contributed by atoms with Crippen molar-refractivity contribution in [3.05, 3.63) is 0 Å². The summed E-state index contributed by atoms with van der Waals surface area (Å²) in [7, 11) is 0. The lowest BCUT2D eigenvalue weighted by Gasteiger charge is -2.00. The van der Waals surface area contributed by atoms with Crippen molar-refractivity contribution in [1.29, 1.82) is 0 Å². The van der Waals surface area contributed by atoms with Crippen molar-refractivity contribution in [1.82, 2.24) is 5.32 Å². The average molecular weight is 171 g/mol. The zero-order valence-electron chi connectivity index (χ0n) is 7.04. The van der Waals surface area contributed by atoms with Crippen molar-refractivity contribution < 1.29 is 14.7 Å². The van der Waals surface area contributed by atoms with E-state index in [1.807, 2.05) is 6.92 Å². The molecule has 2 N–H and O–H groups in total. The standard InChI is InChI=1S/C8H13NO3/c1-5-4-6(5)8(12)9-3-2-7(10)11/h5-6H,2-4H2,1H3,(H,9,12)(H,10,11)/t5-,6-/m0/s1. The van der Waals surface area contributed by atoms with Crippen LogP contribution >= 0.6 is 0 Å². The van der Waals surface area contributed by atoms with Gasteiger partial charge in [0.05, 0.1) is 6.42 Å². The quantitative estimate of drug-likeness (QED) is 0.636. The minimum Gasteiger partial charge on any atom is -0.481 e. The molecule has 0 radical (unpaired) electrons. The minimum absolute atomic E-state index is 0.00347. The Morgan fingerprint density at radius 1 is 1.58 bits per heavy atom. The number of nitrogens with one attached hydrogen (secondary N) is 1. The van der Waals surface area contributed by atoms with Crippen LogP contribution < -0.4 is 5.32 Å². The van der Waals surface area contributed by atoms with Gasteiger partial charge in [-0.1, -0.05) is 6.92 Å². The lowest BCUT2D eigenvalue weighted by Crippen LogP contribution is -2.27. The molecule has 68 valence electrons. The molecule has 0 aromatic carbocycles. The maximum absolute atomic E-state index is 11.1. The number of carbonyl (C=O) groups is 2. The second-order valence-electron chi connectivity index (χ2n) is 3.25. The predicted octanol–water partition coefficient (Wildman–Crippen LogP) is 0.233. The van der Waals surface area contributed by atoms with Crippen LogP contribution in [0.2, 0.25) is 0 Å². The van der Waals surface area contributed by atoms with E-state index in [1.165, 1.54) is 0 Å². The van der Waals surface area contributed by atoms with Gasteiger partial charge in [-0.2, -0.15) is 0 Å². The van der Waals surface area contributed by atoms with Crippen LogP contribution in [0.5, 0.6) is 0 Å². The predicted molar refractivity (Wildman–Crippen MR) is 42.5 cm³/mol. The van der Waals surface area contributed by atoms with Gasteiger partial charge in [0.25, 0.3) is 0 Å². The lowest BCUT2D eigenvalue weighted by atomic mass is 10.3. The molecule has 0 aliphatic heterocycles. The van der Waals surface area contributed by atoms with Crippen LogP contribution in [0.15, 0.2) is 0 Å². The van der Waals surface area contributed by atoms with Gasteiger partial charge in [0.2, 0.25) is 5.91 Å². The summed E-state index contributed by atoms with van der Waals surface area (Å²) in [4.78, 5) is 21.2. The number of hydrogen-bond acceptors (Lipinski definition) is 2. The monoisotopic (exact) mass is 171 g/mol. The molecule has 2 atom stereocenters. The maximum Gasteiger partial charge on any atom is 0.305 e. The second-order valence-corrected chi connectivity index (χ2v) is 3.25. The fraction of sp³-hybridized carbons (Fsp3) is 0.750. The zero-order chi connectivity index (χ0) is 9.14. The summed E-state index contributed by atoms with van der Waals surface area (Å²) in [5.41, 5.74) is 0. The third-order valence-electron chi connectivity index (χ3n) is 2.08. The Labute approximate surface area is 71.0 Å². The number of carboxylic acid groups (broad SMARTS) is 1. The Hall–Kier alpha value is -1.06. The molecule has 4 heteroatoms. The minimum atomic E-state index is -0.876. The summed E-state index contributed by atoms with van der Waals surface area (Å²) in [6, 6.07) is 0. The molecule has 0 heterocycles. The van der Waals surface area contributed by atoms with Crippen molar-refractivity contribution in [3.63, 3.8) is 0 Å². The van der Waals surface area contributed by atoms with Gasteiger partial charge in [0.15, 0.2) is 0 Å². The molecule has 1 rings (SSSR count). The number of aliphatic carboxylic acids is 1. The molecule has 1 aliphatic rings. The number of carbonyl (C=O) groups excluding carboxylic acids is 1. The van der Waals surface area contributed by atoms with Crippen molar-refractivity contribution in [2.45, 2.75) is 19.8 Å². The van der Waals surface area contributed by atoms with Crippen LogP contribution in [0, 0.1) is 11.8 Å². The molecule has 1 aliphatic carbocycles. The van der Waals surface area contributed by atoms with E-state index in [9.17, 15) is 9.59 Å². The molecule has 1 fully saturated rings. The molecule has 12 heavy (non-hydrogen) atoms. The van der Waals surface area contributed by atoms with Crippen LogP contribution in [-0.4, -0.2) is 23.5 Å². The highest BCUT2D eigenvalue weighted by Gasteiger charge is 2.38. The zero-order valence-corrected chi connectivity index (χ0v) is 7.04. The molecule has 1 saturated carbocycles. The van der Waals surface area contributed by atoms with Crippen molar-refractivity contribution in [3.8, 4) is 0 Å². The summed E-state index contributed by atoms with van der Waals surface area (Å²) in [6.45, 7) is 2.26. The van der Waals surface area contributed by atoms with Gasteiger partial charge in [-0.15, -0.1) is 0 Å². The first-order valence-electron chi connectivity index (χ1n) is 4.10. The largest absolute Gasteiger partial charge is 0.481 e. The normalized spacial score (nSPS) is 26.4. The van der Waals surface area contributed by atoms with Gasteiger partial charge in [0, 0.05) is 12.5 Å². The second kappa shape index (κ2) is 3.56. The van der Waals surface area contributed by atoms with Crippen molar-refractivity contribution in [2.24, 2.45) is 11.8 Å². The molecule has 0 spiro atoms. The Morgan fingerprint density at radius 3 is 2.58 bits per heavy atom. The molecule has 1 amide bonds. The summed E-state index contributed by atoms with van der Waals surface area (Å²) in [5, 5.41) is 10.9. The fourth-order valence-electron chi connectivity index (χ4n) is 1.11. The van der Waals surface area contributed by atoms with E-state index in [0.29, 0.717) is 5.92 Å². The molecule has 0 bridgehead atoms. The first kappa shape index (κ1) is 9.03. The summed E-state index contributed by atoms with van der Waals surface area (Å²) >= 11 is 0. The first-order chi connectivity index (χ1) is 5.61. The smallest absolute Gasteiger partial charge is 0.305 e. The lowest BCUT2D eigenvalue weighted by molar-refractivity contribution is -0.136. The Bertz CT molecular complexity index is 202. The Balaban J connectivity index is 2.07. The van der Waals surface area contributed by atoms with E-state index in [4.69, 9.17) is 5.11 Å². The first-order valence-corrected chi connectivity index (χ1v) is 4.10. The van der Waals surface area contributed by atoms with Crippen LogP contribution in [0.4, 0.5) is 0 Å². The van der Waals surface area contributed by atoms with Gasteiger partial charge in [-0.25, -0.2) is 0 Å². The Morgan fingerprint density at radius 2 is 2.17 bits per heavy atom. The van der Waals surface area contributed by atoms with E-state index in [1.54, 1.807) is 0 Å². The maximum atomic E-state index is 11.1. The highest BCUT2D eigenvalue weighted by atomic mass is 16.4. The molecule has 0 unspecified atom stereocenters. The summed E-state index contributed by atoms with van der Waals surface area (Å²) in [5.74, 6) is -0.253. The van der Waals surface area contributed by atoms with Gasteiger partial charge >= 0.3 is 5.97 Å². The molecule has 0 aromatic rings. The van der Waals surface area contributed by atoms with Crippen LogP contribution in [-0.2, 0) is 9.59 Å². The van der Waals surface area contributed by atoms with Crippen molar-refractivity contribution >= 4 is 11.9 Å². The number of rotatable bonds is 4. The van der Waals surface area contributed by atoms with E-state index in [-0.39, 0.29) is 24.8 Å². The van der Waals surface area contributed by atoms with Crippen LogP contribution in [0.3, 0.4) is 0 Å². The number of carboxylic acids is 1. The molecular weight excluding hydrogens is 158 g/mol. The Kier molecular flexibility index (Phi) is 2.68. The SMILES string of the molecule is C[C@H]1C[C@@H]1C(=O)NCCC(=O)O. The van der Waals surface area contributed by atoms with E-state index < -0.39 is 5.97 Å². The highest BCUT2D eigenvalue weighted by molar-refractivity contribution is 5.81. The number of amides is 1. The van der Waals surface area contributed by atoms with Crippen LogP contribution in [0.25, 0.3) is 0 Å².